The normalized spacial score (nSPS) is 13.0. The van der Waals surface area contributed by atoms with Crippen LogP contribution >= 0.6 is 0 Å². The van der Waals surface area contributed by atoms with E-state index in [0.29, 0.717) is 49.1 Å². The fourth-order valence-electron chi connectivity index (χ4n) is 5.00. The van der Waals surface area contributed by atoms with Crippen molar-refractivity contribution in [2.24, 2.45) is 0 Å². The maximum atomic E-state index is 13.6. The fraction of sp³-hybridized carbons (Fsp3) is 0.182. The van der Waals surface area contributed by atoms with E-state index in [0.717, 1.165) is 33.4 Å². The van der Waals surface area contributed by atoms with Crippen molar-refractivity contribution in [1.29, 1.82) is 0 Å². The Labute approximate surface area is 253 Å². The molecule has 3 heterocycles. The zero-order chi connectivity index (χ0) is 30.6. The summed E-state index contributed by atoms with van der Waals surface area (Å²) in [5.41, 5.74) is 4.74. The van der Waals surface area contributed by atoms with E-state index >= 15 is 0 Å². The molecule has 10 nitrogen and oxygen atoms in total. The number of carbonyl (C=O) groups is 2. The van der Waals surface area contributed by atoms with E-state index in [-0.39, 0.29) is 5.91 Å². The minimum absolute atomic E-state index is 0.114. The van der Waals surface area contributed by atoms with Gasteiger partial charge in [-0.3, -0.25) is 4.79 Å². The molecular formula is C33H30FN7O3. The van der Waals surface area contributed by atoms with E-state index in [4.69, 9.17) is 14.7 Å². The molecule has 1 saturated heterocycles. The van der Waals surface area contributed by atoms with Crippen LogP contribution in [0.3, 0.4) is 0 Å². The summed E-state index contributed by atoms with van der Waals surface area (Å²) in [6.07, 6.45) is 1.50. The molecule has 1 aliphatic rings. The third kappa shape index (κ3) is 6.18. The smallest absolute Gasteiger partial charge is 0.323 e. The number of anilines is 3. The number of aromatic nitrogens is 3. The van der Waals surface area contributed by atoms with Gasteiger partial charge in [0.1, 0.15) is 5.82 Å². The van der Waals surface area contributed by atoms with Crippen LogP contribution in [0.4, 0.5) is 26.4 Å². The van der Waals surface area contributed by atoms with Crippen molar-refractivity contribution in [2.45, 2.75) is 0 Å². The first kappa shape index (κ1) is 28.7. The number of benzene rings is 3. The SMILES string of the molecule is CN(C)C(=O)c1ccc(NC(=O)Nc2ccc(-c3nc(N4CCOCC4)c4cccc(-c5ccc(F)nc5)c4n3)cc2)cc1. The lowest BCUT2D eigenvalue weighted by Gasteiger charge is -2.29. The number of para-hydroxylation sites is 1. The van der Waals surface area contributed by atoms with Gasteiger partial charge in [0.25, 0.3) is 5.91 Å². The van der Waals surface area contributed by atoms with Crippen molar-refractivity contribution in [3.8, 4) is 22.5 Å². The topological polar surface area (TPSA) is 113 Å². The average Bonchev–Trinajstić information content (AvgIpc) is 3.05. The predicted molar refractivity (Wildman–Crippen MR) is 168 cm³/mol. The molecule has 0 aliphatic carbocycles. The lowest BCUT2D eigenvalue weighted by molar-refractivity contribution is 0.0827. The largest absolute Gasteiger partial charge is 0.378 e. The Morgan fingerprint density at radius 1 is 0.841 bits per heavy atom. The molecular weight excluding hydrogens is 561 g/mol. The van der Waals surface area contributed by atoms with Gasteiger partial charge in [0, 0.05) is 72.4 Å². The number of fused-ring (bicyclic) bond motifs is 1. The van der Waals surface area contributed by atoms with E-state index in [1.54, 1.807) is 56.6 Å². The van der Waals surface area contributed by atoms with Crippen molar-refractivity contribution >= 4 is 40.0 Å². The Morgan fingerprint density at radius 3 is 2.14 bits per heavy atom. The lowest BCUT2D eigenvalue weighted by Crippen LogP contribution is -2.37. The number of rotatable bonds is 6. The molecule has 3 aromatic carbocycles. The van der Waals surface area contributed by atoms with Gasteiger partial charge in [-0.25, -0.2) is 19.7 Å². The maximum Gasteiger partial charge on any atom is 0.323 e. The molecule has 44 heavy (non-hydrogen) atoms. The van der Waals surface area contributed by atoms with Crippen LogP contribution in [0.15, 0.2) is 85.1 Å². The summed E-state index contributed by atoms with van der Waals surface area (Å²) >= 11 is 0. The Balaban J connectivity index is 1.27. The molecule has 222 valence electrons. The number of urea groups is 1. The minimum Gasteiger partial charge on any atom is -0.378 e. The molecule has 11 heteroatoms. The van der Waals surface area contributed by atoms with Crippen LogP contribution in [-0.2, 0) is 4.74 Å². The standard InChI is InChI=1S/C33H30FN7O3/c1-40(2)32(42)22-8-13-25(14-9-22)37-33(43)36-24-11-6-21(7-12-24)30-38-29-26(23-10-15-28(34)35-20-23)4-3-5-27(29)31(39-30)41-16-18-44-19-17-41/h3-15,20H,16-19H2,1-2H3,(H2,36,37,43). The number of morpholine rings is 1. The Kier molecular flexibility index (Phi) is 8.11. The third-order valence-corrected chi connectivity index (χ3v) is 7.25. The summed E-state index contributed by atoms with van der Waals surface area (Å²) in [6.45, 7) is 2.59. The number of ether oxygens (including phenoxy) is 1. The zero-order valence-electron chi connectivity index (χ0n) is 24.3. The highest BCUT2D eigenvalue weighted by Gasteiger charge is 2.20. The number of carbonyl (C=O) groups excluding carboxylic acids is 2. The van der Waals surface area contributed by atoms with Crippen molar-refractivity contribution < 1.29 is 18.7 Å². The molecule has 1 fully saturated rings. The van der Waals surface area contributed by atoms with Gasteiger partial charge in [-0.15, -0.1) is 0 Å². The first-order valence-electron chi connectivity index (χ1n) is 14.1. The van der Waals surface area contributed by atoms with E-state index in [1.807, 2.05) is 30.3 Å². The van der Waals surface area contributed by atoms with Gasteiger partial charge in [0.15, 0.2) is 5.82 Å². The first-order chi connectivity index (χ1) is 21.4. The van der Waals surface area contributed by atoms with Crippen molar-refractivity contribution in [1.82, 2.24) is 19.9 Å². The van der Waals surface area contributed by atoms with Crippen LogP contribution in [0.2, 0.25) is 0 Å². The molecule has 0 spiro atoms. The number of hydrogen-bond acceptors (Lipinski definition) is 7. The number of halogens is 1. The molecule has 3 amide bonds. The van der Waals surface area contributed by atoms with Crippen LogP contribution in [0.25, 0.3) is 33.4 Å². The minimum atomic E-state index is -0.546. The molecule has 0 radical (unpaired) electrons. The van der Waals surface area contributed by atoms with Crippen LogP contribution in [0, 0.1) is 5.95 Å². The summed E-state index contributed by atoms with van der Waals surface area (Å²) < 4.78 is 19.2. The molecule has 0 unspecified atom stereocenters. The fourth-order valence-corrected chi connectivity index (χ4v) is 5.00. The van der Waals surface area contributed by atoms with E-state index in [9.17, 15) is 14.0 Å². The van der Waals surface area contributed by atoms with Gasteiger partial charge < -0.3 is 25.2 Å². The number of nitrogens with one attached hydrogen (secondary N) is 2. The van der Waals surface area contributed by atoms with E-state index < -0.39 is 12.0 Å². The highest BCUT2D eigenvalue weighted by Crippen LogP contribution is 2.34. The molecule has 0 bridgehead atoms. The number of nitrogens with zero attached hydrogens (tertiary/aromatic N) is 5. The number of amides is 3. The van der Waals surface area contributed by atoms with Gasteiger partial charge in [0.05, 0.1) is 18.7 Å². The van der Waals surface area contributed by atoms with E-state index in [1.165, 1.54) is 17.2 Å². The monoisotopic (exact) mass is 591 g/mol. The molecule has 2 aromatic heterocycles. The van der Waals surface area contributed by atoms with Gasteiger partial charge >= 0.3 is 6.03 Å². The third-order valence-electron chi connectivity index (χ3n) is 7.25. The zero-order valence-corrected chi connectivity index (χ0v) is 24.3. The summed E-state index contributed by atoms with van der Waals surface area (Å²) in [7, 11) is 3.37. The van der Waals surface area contributed by atoms with Crippen molar-refractivity contribution in [3.05, 3.63) is 96.6 Å². The van der Waals surface area contributed by atoms with Crippen LogP contribution in [0.1, 0.15) is 10.4 Å². The van der Waals surface area contributed by atoms with Gasteiger partial charge in [-0.05, 0) is 66.7 Å². The van der Waals surface area contributed by atoms with Crippen LogP contribution in [0.5, 0.6) is 0 Å². The number of hydrogen-bond donors (Lipinski definition) is 2. The highest BCUT2D eigenvalue weighted by atomic mass is 19.1. The molecule has 1 aliphatic heterocycles. The molecule has 2 N–H and O–H groups in total. The summed E-state index contributed by atoms with van der Waals surface area (Å²) in [6, 6.07) is 22.4. The van der Waals surface area contributed by atoms with Crippen molar-refractivity contribution in [2.75, 3.05) is 55.9 Å². The Morgan fingerprint density at radius 2 is 1.50 bits per heavy atom. The van der Waals surface area contributed by atoms with Gasteiger partial charge in [-0.2, -0.15) is 4.39 Å². The molecule has 6 rings (SSSR count). The second-order valence-corrected chi connectivity index (χ2v) is 10.5. The summed E-state index contributed by atoms with van der Waals surface area (Å²) in [5, 5.41) is 6.49. The predicted octanol–water partition coefficient (Wildman–Crippen LogP) is 5.68. The maximum absolute atomic E-state index is 13.6. The molecule has 0 atom stereocenters. The Hall–Kier alpha value is -5.42. The van der Waals surface area contributed by atoms with Crippen molar-refractivity contribution in [3.63, 3.8) is 0 Å². The first-order valence-corrected chi connectivity index (χ1v) is 14.1. The highest BCUT2D eigenvalue weighted by molar-refractivity contribution is 6.02. The van der Waals surface area contributed by atoms with Gasteiger partial charge in [0.2, 0.25) is 5.95 Å². The molecule has 5 aromatic rings. The van der Waals surface area contributed by atoms with Crippen LogP contribution in [-0.4, -0.2) is 72.2 Å². The lowest BCUT2D eigenvalue weighted by atomic mass is 10.0. The summed E-state index contributed by atoms with van der Waals surface area (Å²) in [5.74, 6) is 0.655. The Bertz CT molecular complexity index is 1810. The quantitative estimate of drug-likeness (QED) is 0.244. The second-order valence-electron chi connectivity index (χ2n) is 10.5. The molecule has 0 saturated carbocycles. The van der Waals surface area contributed by atoms with Gasteiger partial charge in [-0.1, -0.05) is 12.1 Å². The second kappa shape index (κ2) is 12.4. The average molecular weight is 592 g/mol. The van der Waals surface area contributed by atoms with Crippen LogP contribution < -0.4 is 15.5 Å². The summed E-state index contributed by atoms with van der Waals surface area (Å²) in [4.78, 5) is 42.2. The van der Waals surface area contributed by atoms with E-state index in [2.05, 4.69) is 20.5 Å². The number of pyridine rings is 1.